The Hall–Kier alpha value is -3.42. The number of furan rings is 1. The van der Waals surface area contributed by atoms with Gasteiger partial charge < -0.3 is 14.5 Å². The van der Waals surface area contributed by atoms with Crippen LogP contribution in [0.2, 0.25) is 0 Å². The monoisotopic (exact) mass is 532 g/mol. The molecule has 1 aliphatic rings. The zero-order chi connectivity index (χ0) is 23.7. The number of rotatable bonds is 6. The first kappa shape index (κ1) is 22.4. The number of amides is 1. The molecule has 0 spiro atoms. The summed E-state index contributed by atoms with van der Waals surface area (Å²) in [5.74, 6) is 1.79. The standard InChI is InChI=1S/C27H21BrN2O3S/c1-17(18-5-3-2-4-6-18)30-26(31)25(29-27(30)34)15-23-11-12-24(33-23)16-32-22-10-8-19-13-21(28)9-7-20(19)14-22/h2-15,17H,16H2,1H3,(H,29,34)/b25-15-. The maximum absolute atomic E-state index is 13.0. The van der Waals surface area contributed by atoms with Gasteiger partial charge in [-0.15, -0.1) is 0 Å². The van der Waals surface area contributed by atoms with Crippen molar-refractivity contribution < 1.29 is 13.9 Å². The van der Waals surface area contributed by atoms with Gasteiger partial charge in [0.2, 0.25) is 0 Å². The van der Waals surface area contributed by atoms with Crippen molar-refractivity contribution in [1.82, 2.24) is 10.2 Å². The number of thiocarbonyl (C=S) groups is 1. The summed E-state index contributed by atoms with van der Waals surface area (Å²) in [6.45, 7) is 2.24. The van der Waals surface area contributed by atoms with Crippen molar-refractivity contribution in [3.05, 3.63) is 106 Å². The molecule has 170 valence electrons. The van der Waals surface area contributed by atoms with Crippen molar-refractivity contribution >= 4 is 56.0 Å². The summed E-state index contributed by atoms with van der Waals surface area (Å²) in [7, 11) is 0. The molecule has 0 radical (unpaired) electrons. The number of hydrogen-bond acceptors (Lipinski definition) is 4. The van der Waals surface area contributed by atoms with E-state index in [1.165, 1.54) is 0 Å². The molecule has 7 heteroatoms. The first-order valence-corrected chi connectivity index (χ1v) is 12.0. The highest BCUT2D eigenvalue weighted by Gasteiger charge is 2.35. The van der Waals surface area contributed by atoms with Gasteiger partial charge in [-0.25, -0.2) is 0 Å². The van der Waals surface area contributed by atoms with Gasteiger partial charge in [-0.3, -0.25) is 9.69 Å². The molecule has 1 aromatic heterocycles. The number of hydrogen-bond donors (Lipinski definition) is 1. The number of halogens is 1. The van der Waals surface area contributed by atoms with Crippen LogP contribution in [0.3, 0.4) is 0 Å². The van der Waals surface area contributed by atoms with Gasteiger partial charge >= 0.3 is 0 Å². The van der Waals surface area contributed by atoms with E-state index in [1.807, 2.05) is 79.7 Å². The average Bonchev–Trinajstić information content (AvgIpc) is 3.41. The van der Waals surface area contributed by atoms with Gasteiger partial charge in [0, 0.05) is 10.5 Å². The molecule has 1 fully saturated rings. The summed E-state index contributed by atoms with van der Waals surface area (Å²) in [4.78, 5) is 14.6. The molecule has 0 saturated carbocycles. The normalized spacial score (nSPS) is 15.7. The number of carbonyl (C=O) groups excluding carboxylic acids is 1. The van der Waals surface area contributed by atoms with Crippen LogP contribution in [0.25, 0.3) is 16.8 Å². The van der Waals surface area contributed by atoms with E-state index < -0.39 is 0 Å². The Balaban J connectivity index is 1.26. The van der Waals surface area contributed by atoms with E-state index in [1.54, 1.807) is 11.0 Å². The molecule has 1 atom stereocenters. The van der Waals surface area contributed by atoms with Gasteiger partial charge in [0.15, 0.2) is 5.11 Å². The third kappa shape index (κ3) is 4.62. The minimum Gasteiger partial charge on any atom is -0.486 e. The van der Waals surface area contributed by atoms with E-state index in [4.69, 9.17) is 21.4 Å². The molecule has 34 heavy (non-hydrogen) atoms. The first-order chi connectivity index (χ1) is 16.5. The topological polar surface area (TPSA) is 54.7 Å². The smallest absolute Gasteiger partial charge is 0.277 e. The number of fused-ring (bicyclic) bond motifs is 1. The zero-order valence-corrected chi connectivity index (χ0v) is 20.7. The highest BCUT2D eigenvalue weighted by atomic mass is 79.9. The van der Waals surface area contributed by atoms with E-state index >= 15 is 0 Å². The molecule has 2 heterocycles. The Bertz CT molecular complexity index is 1410. The Morgan fingerprint density at radius 2 is 1.82 bits per heavy atom. The predicted molar refractivity (Wildman–Crippen MR) is 140 cm³/mol. The fourth-order valence-corrected chi connectivity index (χ4v) is 4.64. The molecule has 1 unspecified atom stereocenters. The van der Waals surface area contributed by atoms with Crippen molar-refractivity contribution in [3.8, 4) is 5.75 Å². The van der Waals surface area contributed by atoms with Crippen LogP contribution in [0.4, 0.5) is 0 Å². The summed E-state index contributed by atoms with van der Waals surface area (Å²) in [5, 5.41) is 5.63. The van der Waals surface area contributed by atoms with E-state index in [0.29, 0.717) is 22.3 Å². The number of carbonyl (C=O) groups is 1. The van der Waals surface area contributed by atoms with Crippen LogP contribution in [0.1, 0.15) is 30.0 Å². The molecule has 1 saturated heterocycles. The average molecular weight is 533 g/mol. The molecular weight excluding hydrogens is 512 g/mol. The van der Waals surface area contributed by atoms with Crippen molar-refractivity contribution in [2.24, 2.45) is 0 Å². The van der Waals surface area contributed by atoms with Gasteiger partial charge in [0.25, 0.3) is 5.91 Å². The molecular formula is C27H21BrN2O3S. The lowest BCUT2D eigenvalue weighted by atomic mass is 10.1. The molecule has 1 aliphatic heterocycles. The lowest BCUT2D eigenvalue weighted by molar-refractivity contribution is -0.123. The SMILES string of the molecule is CC(c1ccccc1)N1C(=O)/C(=C/c2ccc(COc3ccc4cc(Br)ccc4c3)o2)NC1=S. The second-order valence-electron chi connectivity index (χ2n) is 8.00. The van der Waals surface area contributed by atoms with Gasteiger partial charge in [0.05, 0.1) is 6.04 Å². The number of nitrogens with zero attached hydrogens (tertiary/aromatic N) is 1. The molecule has 0 bridgehead atoms. The zero-order valence-electron chi connectivity index (χ0n) is 18.3. The summed E-state index contributed by atoms with van der Waals surface area (Å²) in [6.07, 6.45) is 1.67. The maximum Gasteiger partial charge on any atom is 0.277 e. The largest absolute Gasteiger partial charge is 0.486 e. The number of nitrogens with one attached hydrogen (secondary N) is 1. The summed E-state index contributed by atoms with van der Waals surface area (Å²) in [5.41, 5.74) is 1.40. The molecule has 4 aromatic rings. The second kappa shape index (κ2) is 9.44. The van der Waals surface area contributed by atoms with Gasteiger partial charge in [-0.05, 0) is 71.9 Å². The van der Waals surface area contributed by atoms with Crippen molar-refractivity contribution in [2.45, 2.75) is 19.6 Å². The lowest BCUT2D eigenvalue weighted by Gasteiger charge is -2.23. The maximum atomic E-state index is 13.0. The van der Waals surface area contributed by atoms with Crippen LogP contribution < -0.4 is 10.1 Å². The quantitative estimate of drug-likeness (QED) is 0.224. The summed E-state index contributed by atoms with van der Waals surface area (Å²) < 4.78 is 12.8. The van der Waals surface area contributed by atoms with E-state index in [9.17, 15) is 4.79 Å². The molecule has 1 amide bonds. The van der Waals surface area contributed by atoms with Crippen molar-refractivity contribution in [2.75, 3.05) is 0 Å². The van der Waals surface area contributed by atoms with E-state index in [2.05, 4.69) is 27.3 Å². The van der Waals surface area contributed by atoms with Crippen molar-refractivity contribution in [3.63, 3.8) is 0 Å². The summed E-state index contributed by atoms with van der Waals surface area (Å²) >= 11 is 8.92. The van der Waals surface area contributed by atoms with Gasteiger partial charge in [-0.2, -0.15) is 0 Å². The molecule has 1 N–H and O–H groups in total. The third-order valence-corrected chi connectivity index (χ3v) is 6.49. The van der Waals surface area contributed by atoms with Crippen LogP contribution in [-0.2, 0) is 11.4 Å². The second-order valence-corrected chi connectivity index (χ2v) is 9.30. The molecule has 3 aromatic carbocycles. The van der Waals surface area contributed by atoms with Crippen LogP contribution in [0.15, 0.2) is 93.4 Å². The first-order valence-electron chi connectivity index (χ1n) is 10.8. The van der Waals surface area contributed by atoms with E-state index in [0.717, 1.165) is 26.6 Å². The Morgan fingerprint density at radius 3 is 2.65 bits per heavy atom. The Kier molecular flexibility index (Phi) is 6.22. The van der Waals surface area contributed by atoms with Crippen molar-refractivity contribution in [1.29, 1.82) is 0 Å². The fourth-order valence-electron chi connectivity index (χ4n) is 3.91. The third-order valence-electron chi connectivity index (χ3n) is 5.70. The van der Waals surface area contributed by atoms with Gasteiger partial charge in [-0.1, -0.05) is 58.4 Å². The summed E-state index contributed by atoms with van der Waals surface area (Å²) in [6, 6.07) is 25.3. The Labute approximate surface area is 211 Å². The fraction of sp³-hybridized carbons (Fsp3) is 0.111. The minimum atomic E-state index is -0.182. The van der Waals surface area contributed by atoms with Crippen LogP contribution in [0, 0.1) is 0 Å². The van der Waals surface area contributed by atoms with E-state index in [-0.39, 0.29) is 18.6 Å². The molecule has 5 nitrogen and oxygen atoms in total. The van der Waals surface area contributed by atoms with Crippen LogP contribution >= 0.6 is 28.1 Å². The Morgan fingerprint density at radius 1 is 1.06 bits per heavy atom. The molecule has 5 rings (SSSR count). The molecule has 0 aliphatic carbocycles. The highest BCUT2D eigenvalue weighted by molar-refractivity contribution is 9.10. The minimum absolute atomic E-state index is 0.178. The lowest BCUT2D eigenvalue weighted by Crippen LogP contribution is -2.33. The predicted octanol–water partition coefficient (Wildman–Crippen LogP) is 6.59. The number of benzene rings is 3. The number of ether oxygens (including phenoxy) is 1. The highest BCUT2D eigenvalue weighted by Crippen LogP contribution is 2.27. The van der Waals surface area contributed by atoms with Crippen LogP contribution in [-0.4, -0.2) is 15.9 Å². The van der Waals surface area contributed by atoms with Crippen LogP contribution in [0.5, 0.6) is 5.75 Å². The van der Waals surface area contributed by atoms with Gasteiger partial charge in [0.1, 0.15) is 29.6 Å².